The normalized spacial score (nSPS) is 13.2. The van der Waals surface area contributed by atoms with Gasteiger partial charge in [-0.3, -0.25) is 4.79 Å². The molecule has 1 atom stereocenters. The number of carbonyl (C=O) groups is 2. The Morgan fingerprint density at radius 3 is 2.21 bits per heavy atom. The number of aldehydes is 1. The Hall–Kier alpha value is -3.19. The molecule has 0 saturated carbocycles. The summed E-state index contributed by atoms with van der Waals surface area (Å²) in [7, 11) is 0. The molecule has 0 radical (unpaired) electrons. The maximum Gasteiger partial charge on any atom is 0.417 e. The van der Waals surface area contributed by atoms with Crippen LogP contribution in [0.5, 0.6) is 0 Å². The van der Waals surface area contributed by atoms with Crippen LogP contribution in [0, 0.1) is 23.0 Å². The number of thioether (sulfide) groups is 1. The van der Waals surface area contributed by atoms with Gasteiger partial charge >= 0.3 is 6.18 Å². The summed E-state index contributed by atoms with van der Waals surface area (Å²) < 4.78 is 67.2. The molecule has 0 bridgehead atoms. The van der Waals surface area contributed by atoms with E-state index in [4.69, 9.17) is 5.73 Å². The molecule has 10 heteroatoms. The number of hydrogen-bond acceptors (Lipinski definition) is 5. The zero-order valence-electron chi connectivity index (χ0n) is 14.3. The van der Waals surface area contributed by atoms with Crippen LogP contribution in [0.25, 0.3) is 0 Å². The van der Waals surface area contributed by atoms with Gasteiger partial charge in [0.25, 0.3) is 0 Å². The van der Waals surface area contributed by atoms with Crippen LogP contribution in [0.15, 0.2) is 53.1 Å². The summed E-state index contributed by atoms with van der Waals surface area (Å²) in [5, 5.41) is 7.04. The number of nitrogens with two attached hydrogens (primary N) is 1. The minimum Gasteiger partial charge on any atom is -0.392 e. The van der Waals surface area contributed by atoms with Crippen LogP contribution in [0.2, 0.25) is 0 Å². The van der Waals surface area contributed by atoms with Gasteiger partial charge in [0.2, 0.25) is 5.78 Å². The first-order valence-electron chi connectivity index (χ1n) is 7.78. The van der Waals surface area contributed by atoms with Crippen molar-refractivity contribution in [1.29, 1.82) is 5.26 Å². The number of benzene rings is 2. The molecule has 0 heterocycles. The highest BCUT2D eigenvalue weighted by atomic mass is 32.2. The van der Waals surface area contributed by atoms with Gasteiger partial charge in [-0.2, -0.15) is 18.4 Å². The fourth-order valence-corrected chi connectivity index (χ4v) is 3.34. The minimum atomic E-state index is -4.86. The van der Waals surface area contributed by atoms with E-state index in [9.17, 15) is 36.8 Å². The standard InChI is InChI=1S/C19H11F5N2O2S/c20-13-6-3-7-14(21)16(13)15(9-27)29-18(26)11(8-25)17(28)10-4-1-2-5-12(10)19(22,23)24/h1-7,9,15H,26H2/b18-11+. The van der Waals surface area contributed by atoms with E-state index in [0.717, 1.165) is 30.3 Å². The van der Waals surface area contributed by atoms with Gasteiger partial charge in [0.15, 0.2) is 0 Å². The van der Waals surface area contributed by atoms with Crippen LogP contribution < -0.4 is 5.73 Å². The van der Waals surface area contributed by atoms with Crippen molar-refractivity contribution in [3.05, 3.63) is 81.4 Å². The molecule has 0 aromatic heterocycles. The van der Waals surface area contributed by atoms with E-state index < -0.39 is 56.1 Å². The molecule has 2 aromatic carbocycles. The van der Waals surface area contributed by atoms with E-state index in [0.29, 0.717) is 6.07 Å². The van der Waals surface area contributed by atoms with Crippen LogP contribution in [0.1, 0.15) is 26.7 Å². The predicted octanol–water partition coefficient (Wildman–Crippen LogP) is 4.53. The Bertz CT molecular complexity index is 1010. The summed E-state index contributed by atoms with van der Waals surface area (Å²) in [4.78, 5) is 23.8. The third-order valence-corrected chi connectivity index (χ3v) is 4.78. The van der Waals surface area contributed by atoms with E-state index in [1.165, 1.54) is 12.1 Å². The summed E-state index contributed by atoms with van der Waals surface area (Å²) in [5.41, 5.74) is 2.02. The zero-order valence-corrected chi connectivity index (χ0v) is 15.2. The van der Waals surface area contributed by atoms with Crippen molar-refractivity contribution < 1.29 is 31.5 Å². The molecule has 2 aromatic rings. The molecule has 150 valence electrons. The summed E-state index contributed by atoms with van der Waals surface area (Å²) >= 11 is 0.280. The maximum atomic E-state index is 13.9. The largest absolute Gasteiger partial charge is 0.417 e. The van der Waals surface area contributed by atoms with E-state index in [1.54, 1.807) is 0 Å². The van der Waals surface area contributed by atoms with Gasteiger partial charge in [-0.25, -0.2) is 8.78 Å². The molecule has 0 saturated heterocycles. The van der Waals surface area contributed by atoms with Gasteiger partial charge in [0.05, 0.1) is 15.8 Å². The van der Waals surface area contributed by atoms with E-state index in [-0.39, 0.29) is 18.0 Å². The number of halogens is 5. The second-order valence-corrected chi connectivity index (χ2v) is 6.72. The summed E-state index contributed by atoms with van der Waals surface area (Å²) in [6.45, 7) is 0. The van der Waals surface area contributed by atoms with E-state index in [2.05, 4.69) is 0 Å². The first kappa shape index (κ1) is 22.1. The molecule has 2 N–H and O–H groups in total. The number of hydrogen-bond donors (Lipinski definition) is 1. The molecule has 0 aliphatic rings. The molecular weight excluding hydrogens is 415 g/mol. The highest BCUT2D eigenvalue weighted by Gasteiger charge is 2.36. The zero-order chi connectivity index (χ0) is 21.8. The molecule has 0 aliphatic carbocycles. The Morgan fingerprint density at radius 2 is 1.69 bits per heavy atom. The fourth-order valence-electron chi connectivity index (χ4n) is 2.41. The summed E-state index contributed by atoms with van der Waals surface area (Å²) in [6, 6.07) is 8.03. The van der Waals surface area contributed by atoms with Gasteiger partial charge in [-0.1, -0.05) is 36.0 Å². The number of nitriles is 1. The van der Waals surface area contributed by atoms with Crippen LogP contribution in [-0.2, 0) is 11.0 Å². The van der Waals surface area contributed by atoms with Crippen molar-refractivity contribution in [2.75, 3.05) is 0 Å². The number of carbonyl (C=O) groups excluding carboxylic acids is 2. The molecule has 0 amide bonds. The second kappa shape index (κ2) is 8.87. The number of rotatable bonds is 6. The SMILES string of the molecule is N#C/C(C(=O)c1ccccc1C(F)(F)F)=C(/N)SC(C=O)c1c(F)cccc1F. The van der Waals surface area contributed by atoms with Crippen molar-refractivity contribution in [3.63, 3.8) is 0 Å². The Balaban J connectivity index is 2.48. The quantitative estimate of drug-likeness (QED) is 0.241. The van der Waals surface area contributed by atoms with Gasteiger partial charge in [0.1, 0.15) is 29.6 Å². The third-order valence-electron chi connectivity index (χ3n) is 3.72. The molecule has 2 rings (SSSR count). The summed E-state index contributed by atoms with van der Waals surface area (Å²) in [6.07, 6.45) is -4.72. The molecule has 0 spiro atoms. The van der Waals surface area contributed by atoms with Gasteiger partial charge < -0.3 is 10.5 Å². The second-order valence-electron chi connectivity index (χ2n) is 5.53. The van der Waals surface area contributed by atoms with Gasteiger partial charge in [0, 0.05) is 11.1 Å². The van der Waals surface area contributed by atoms with Crippen molar-refractivity contribution in [3.8, 4) is 6.07 Å². The minimum absolute atomic E-state index is 0.141. The van der Waals surface area contributed by atoms with Crippen LogP contribution in [-0.4, -0.2) is 12.1 Å². The Morgan fingerprint density at radius 1 is 1.10 bits per heavy atom. The average molecular weight is 426 g/mol. The molecule has 1 unspecified atom stereocenters. The number of ketones is 1. The van der Waals surface area contributed by atoms with E-state index in [1.807, 2.05) is 0 Å². The monoisotopic (exact) mass is 426 g/mol. The highest BCUT2D eigenvalue weighted by molar-refractivity contribution is 8.03. The first-order chi connectivity index (χ1) is 13.6. The lowest BCUT2D eigenvalue weighted by molar-refractivity contribution is -0.137. The maximum absolute atomic E-state index is 13.9. The topological polar surface area (TPSA) is 83.9 Å². The smallest absolute Gasteiger partial charge is 0.392 e. The van der Waals surface area contributed by atoms with Crippen molar-refractivity contribution in [1.82, 2.24) is 0 Å². The fraction of sp³-hybridized carbons (Fsp3) is 0.105. The van der Waals surface area contributed by atoms with E-state index >= 15 is 0 Å². The summed E-state index contributed by atoms with van der Waals surface area (Å²) in [5.74, 6) is -3.45. The third kappa shape index (κ3) is 4.81. The molecular formula is C19H11F5N2O2S. The first-order valence-corrected chi connectivity index (χ1v) is 8.66. The molecule has 4 nitrogen and oxygen atoms in total. The van der Waals surface area contributed by atoms with Crippen molar-refractivity contribution in [2.24, 2.45) is 5.73 Å². The lowest BCUT2D eigenvalue weighted by atomic mass is 9.99. The molecule has 29 heavy (non-hydrogen) atoms. The van der Waals surface area contributed by atoms with Gasteiger partial charge in [-0.15, -0.1) is 0 Å². The lowest BCUT2D eigenvalue weighted by Gasteiger charge is -2.15. The number of allylic oxidation sites excluding steroid dienone is 1. The van der Waals surface area contributed by atoms with Crippen molar-refractivity contribution in [2.45, 2.75) is 11.4 Å². The Labute approximate surface area is 165 Å². The van der Waals surface area contributed by atoms with Crippen LogP contribution in [0.4, 0.5) is 22.0 Å². The number of alkyl halides is 3. The van der Waals surface area contributed by atoms with Crippen molar-refractivity contribution >= 4 is 23.8 Å². The highest BCUT2D eigenvalue weighted by Crippen LogP contribution is 2.37. The molecule has 0 aliphatic heterocycles. The van der Waals surface area contributed by atoms with Crippen LogP contribution in [0.3, 0.4) is 0 Å². The molecule has 0 fully saturated rings. The Kier molecular flexibility index (Phi) is 6.76. The average Bonchev–Trinajstić information content (AvgIpc) is 2.66. The predicted molar refractivity (Wildman–Crippen MR) is 95.4 cm³/mol. The van der Waals surface area contributed by atoms with Gasteiger partial charge in [-0.05, 0) is 18.2 Å². The van der Waals surface area contributed by atoms with Crippen LogP contribution >= 0.6 is 11.8 Å². The number of Topliss-reactive ketones (excluding diaryl/α,β-unsaturated/α-hetero) is 1. The number of nitrogens with zero attached hydrogens (tertiary/aromatic N) is 1. The lowest BCUT2D eigenvalue weighted by Crippen LogP contribution is -2.16.